The van der Waals surface area contributed by atoms with Gasteiger partial charge in [0.25, 0.3) is 5.91 Å². The van der Waals surface area contributed by atoms with Gasteiger partial charge in [-0.25, -0.2) is 0 Å². The summed E-state index contributed by atoms with van der Waals surface area (Å²) in [5.41, 5.74) is 2.51. The maximum Gasteiger partial charge on any atom is 0.255 e. The van der Waals surface area contributed by atoms with E-state index in [2.05, 4.69) is 10.6 Å². The lowest BCUT2D eigenvalue weighted by atomic mass is 10.1. The Morgan fingerprint density at radius 3 is 2.48 bits per heavy atom. The Morgan fingerprint density at radius 1 is 1.00 bits per heavy atom. The number of aliphatic carboxylic acids is 1. The highest BCUT2D eigenvalue weighted by molar-refractivity contribution is 6.06. The minimum Gasteiger partial charge on any atom is -0.545 e. The summed E-state index contributed by atoms with van der Waals surface area (Å²) in [6, 6.07) is 13.9. The minimum absolute atomic E-state index is 0.303. The van der Waals surface area contributed by atoms with Crippen LogP contribution in [0.15, 0.2) is 60.7 Å². The molecule has 0 aliphatic heterocycles. The van der Waals surface area contributed by atoms with Gasteiger partial charge in [-0.05, 0) is 42.3 Å². The normalized spacial score (nSPS) is 10.4. The lowest BCUT2D eigenvalue weighted by Crippen LogP contribution is -2.20. The molecule has 0 heterocycles. The molecule has 0 aliphatic carbocycles. The van der Waals surface area contributed by atoms with Crippen molar-refractivity contribution in [2.45, 2.75) is 13.3 Å². The average Bonchev–Trinajstić information content (AvgIpc) is 2.60. The van der Waals surface area contributed by atoms with Crippen LogP contribution >= 0.6 is 0 Å². The van der Waals surface area contributed by atoms with E-state index >= 15 is 0 Å². The molecule has 0 radical (unpaired) electrons. The van der Waals surface area contributed by atoms with Crippen molar-refractivity contribution >= 4 is 29.2 Å². The third-order valence-electron chi connectivity index (χ3n) is 3.41. The molecule has 0 bridgehead atoms. The highest BCUT2D eigenvalue weighted by Gasteiger charge is 2.09. The molecule has 0 fully saturated rings. The number of carbonyl (C=O) groups excluding carboxylic acids is 3. The van der Waals surface area contributed by atoms with Gasteiger partial charge in [0.1, 0.15) is 0 Å². The monoisotopic (exact) mass is 337 g/mol. The fraction of sp³-hybridized carbons (Fsp3) is 0.105. The fourth-order valence-corrected chi connectivity index (χ4v) is 2.21. The summed E-state index contributed by atoms with van der Waals surface area (Å²) in [6.45, 7) is 2.00. The van der Waals surface area contributed by atoms with Crippen molar-refractivity contribution in [3.8, 4) is 0 Å². The van der Waals surface area contributed by atoms with Crippen LogP contribution in [-0.2, 0) is 16.0 Å². The van der Waals surface area contributed by atoms with Gasteiger partial charge in [0.05, 0.1) is 5.97 Å². The molecule has 2 aromatic carbocycles. The molecule has 0 saturated carbocycles. The first-order valence-corrected chi connectivity index (χ1v) is 7.69. The lowest BCUT2D eigenvalue weighted by molar-refractivity contribution is -0.297. The first kappa shape index (κ1) is 17.9. The van der Waals surface area contributed by atoms with E-state index in [1.807, 2.05) is 31.2 Å². The van der Waals surface area contributed by atoms with Gasteiger partial charge in [0.2, 0.25) is 5.91 Å². The standard InChI is InChI=1S/C19H18N2O4/c1-2-13-6-3-4-9-16(13)21-19(25)14-7-5-8-15(12-14)20-17(22)10-11-18(23)24/h3-12H,2H2,1H3,(H,20,22)(H,21,25)(H,23,24)/p-1. The number of carboxylic acids is 1. The molecule has 2 amide bonds. The number of nitrogens with one attached hydrogen (secondary N) is 2. The van der Waals surface area contributed by atoms with Crippen molar-refractivity contribution in [3.63, 3.8) is 0 Å². The van der Waals surface area contributed by atoms with Crippen LogP contribution in [0.4, 0.5) is 11.4 Å². The minimum atomic E-state index is -1.46. The summed E-state index contributed by atoms with van der Waals surface area (Å²) >= 11 is 0. The SMILES string of the molecule is CCc1ccccc1NC(=O)c1cccc(NC(=O)C=CC(=O)[O-])c1. The zero-order valence-corrected chi connectivity index (χ0v) is 13.6. The largest absolute Gasteiger partial charge is 0.545 e. The van der Waals surface area contributed by atoms with Gasteiger partial charge in [-0.15, -0.1) is 0 Å². The Balaban J connectivity index is 2.11. The quantitative estimate of drug-likeness (QED) is 0.785. The predicted octanol–water partition coefficient (Wildman–Crippen LogP) is 1.75. The van der Waals surface area contributed by atoms with Crippen LogP contribution < -0.4 is 15.7 Å². The van der Waals surface area contributed by atoms with Gasteiger partial charge < -0.3 is 20.5 Å². The Kier molecular flexibility index (Phi) is 6.06. The van der Waals surface area contributed by atoms with Gasteiger partial charge in [-0.2, -0.15) is 0 Å². The van der Waals surface area contributed by atoms with E-state index in [1.54, 1.807) is 18.2 Å². The summed E-state index contributed by atoms with van der Waals surface area (Å²) in [5.74, 6) is -2.39. The van der Waals surface area contributed by atoms with Gasteiger partial charge in [-0.3, -0.25) is 9.59 Å². The number of carbonyl (C=O) groups is 3. The highest BCUT2D eigenvalue weighted by Crippen LogP contribution is 2.18. The van der Waals surface area contributed by atoms with E-state index < -0.39 is 11.9 Å². The number of hydrogen-bond acceptors (Lipinski definition) is 4. The number of anilines is 2. The first-order valence-electron chi connectivity index (χ1n) is 7.69. The summed E-state index contributed by atoms with van der Waals surface area (Å²) in [5, 5.41) is 15.6. The maximum absolute atomic E-state index is 12.4. The number of benzene rings is 2. The van der Waals surface area contributed by atoms with Gasteiger partial charge in [-0.1, -0.05) is 31.2 Å². The van der Waals surface area contributed by atoms with Crippen molar-refractivity contribution < 1.29 is 19.5 Å². The molecule has 0 unspecified atom stereocenters. The molecule has 0 saturated heterocycles. The molecule has 2 rings (SSSR count). The second-order valence-electron chi connectivity index (χ2n) is 5.19. The van der Waals surface area contributed by atoms with Gasteiger partial charge in [0, 0.05) is 23.0 Å². The van der Waals surface area contributed by atoms with E-state index in [4.69, 9.17) is 0 Å². The van der Waals surface area contributed by atoms with E-state index in [0.29, 0.717) is 17.3 Å². The first-order chi connectivity index (χ1) is 12.0. The molecule has 128 valence electrons. The van der Waals surface area contributed by atoms with Crippen LogP contribution in [0.5, 0.6) is 0 Å². The molecule has 6 heteroatoms. The molecule has 25 heavy (non-hydrogen) atoms. The van der Waals surface area contributed by atoms with Crippen molar-refractivity contribution in [3.05, 3.63) is 71.8 Å². The van der Waals surface area contributed by atoms with Crippen LogP contribution in [0.2, 0.25) is 0 Å². The molecule has 0 aliphatic rings. The number of rotatable bonds is 6. The van der Waals surface area contributed by atoms with Gasteiger partial charge in [0.15, 0.2) is 0 Å². The molecular weight excluding hydrogens is 320 g/mol. The lowest BCUT2D eigenvalue weighted by Gasteiger charge is -2.10. The highest BCUT2D eigenvalue weighted by atomic mass is 16.4. The molecule has 0 aromatic heterocycles. The maximum atomic E-state index is 12.4. The van der Waals surface area contributed by atoms with Crippen LogP contribution in [-0.4, -0.2) is 17.8 Å². The second kappa shape index (κ2) is 8.44. The van der Waals surface area contributed by atoms with E-state index in [0.717, 1.165) is 23.7 Å². The number of para-hydroxylation sites is 1. The molecule has 2 aromatic rings. The van der Waals surface area contributed by atoms with E-state index in [9.17, 15) is 19.5 Å². The smallest absolute Gasteiger partial charge is 0.255 e. The number of hydrogen-bond donors (Lipinski definition) is 2. The summed E-state index contributed by atoms with van der Waals surface area (Å²) in [7, 11) is 0. The van der Waals surface area contributed by atoms with Crippen molar-refractivity contribution in [2.75, 3.05) is 10.6 Å². The number of aryl methyl sites for hydroxylation is 1. The average molecular weight is 337 g/mol. The summed E-state index contributed by atoms with van der Waals surface area (Å²) in [4.78, 5) is 34.3. The van der Waals surface area contributed by atoms with Gasteiger partial charge >= 0.3 is 0 Å². The van der Waals surface area contributed by atoms with E-state index in [1.165, 1.54) is 6.07 Å². The molecule has 0 atom stereocenters. The fourth-order valence-electron chi connectivity index (χ4n) is 2.21. The number of amides is 2. The third kappa shape index (κ3) is 5.31. The molecule has 2 N–H and O–H groups in total. The van der Waals surface area contributed by atoms with Crippen LogP contribution in [0.25, 0.3) is 0 Å². The summed E-state index contributed by atoms with van der Waals surface area (Å²) in [6.07, 6.45) is 2.27. The van der Waals surface area contributed by atoms with Crippen molar-refractivity contribution in [1.82, 2.24) is 0 Å². The van der Waals surface area contributed by atoms with Crippen LogP contribution in [0.1, 0.15) is 22.8 Å². The van der Waals surface area contributed by atoms with Crippen LogP contribution in [0.3, 0.4) is 0 Å². The molecular formula is C19H17N2O4-. The van der Waals surface area contributed by atoms with E-state index in [-0.39, 0.29) is 5.91 Å². The Labute approximate surface area is 145 Å². The third-order valence-corrected chi connectivity index (χ3v) is 3.41. The Bertz CT molecular complexity index is 828. The van der Waals surface area contributed by atoms with Crippen molar-refractivity contribution in [1.29, 1.82) is 0 Å². The zero-order chi connectivity index (χ0) is 18.2. The number of carboxylic acid groups (broad SMARTS) is 1. The molecule has 6 nitrogen and oxygen atoms in total. The summed E-state index contributed by atoms with van der Waals surface area (Å²) < 4.78 is 0. The Morgan fingerprint density at radius 2 is 1.76 bits per heavy atom. The van der Waals surface area contributed by atoms with Crippen LogP contribution in [0, 0.1) is 0 Å². The zero-order valence-electron chi connectivity index (χ0n) is 13.6. The van der Waals surface area contributed by atoms with Crippen molar-refractivity contribution in [2.24, 2.45) is 0 Å². The molecule has 0 spiro atoms. The second-order valence-corrected chi connectivity index (χ2v) is 5.19. The predicted molar refractivity (Wildman–Crippen MR) is 93.0 cm³/mol. The topological polar surface area (TPSA) is 98.3 Å². The Hall–Kier alpha value is -3.41.